The molecule has 1 aliphatic rings. The van der Waals surface area contributed by atoms with Crippen molar-refractivity contribution in [1.29, 1.82) is 0 Å². The highest BCUT2D eigenvalue weighted by Gasteiger charge is 2.32. The van der Waals surface area contributed by atoms with Crippen LogP contribution < -0.4 is 14.4 Å². The van der Waals surface area contributed by atoms with Crippen molar-refractivity contribution in [3.05, 3.63) is 118 Å². The fourth-order valence-electron chi connectivity index (χ4n) is 4.13. The molecule has 8 heteroatoms. The number of amides is 1. The van der Waals surface area contributed by atoms with Crippen molar-refractivity contribution in [2.75, 3.05) is 19.1 Å². The number of ether oxygens (including phenoxy) is 2. The Labute approximate surface area is 212 Å². The Morgan fingerprint density at radius 1 is 0.892 bits per heavy atom. The van der Waals surface area contributed by atoms with Crippen LogP contribution in [0.2, 0.25) is 0 Å². The van der Waals surface area contributed by atoms with Crippen LogP contribution in [0.1, 0.15) is 11.3 Å². The highest BCUT2D eigenvalue weighted by Crippen LogP contribution is 2.41. The summed E-state index contributed by atoms with van der Waals surface area (Å²) in [7, 11) is 3.12. The van der Waals surface area contributed by atoms with Gasteiger partial charge in [-0.25, -0.2) is 0 Å². The Balaban J connectivity index is 1.53. The van der Waals surface area contributed by atoms with E-state index in [-0.39, 0.29) is 11.6 Å². The van der Waals surface area contributed by atoms with E-state index in [2.05, 4.69) is 0 Å². The van der Waals surface area contributed by atoms with E-state index >= 15 is 0 Å². The van der Waals surface area contributed by atoms with Gasteiger partial charge in [0.2, 0.25) is 0 Å². The lowest BCUT2D eigenvalue weighted by molar-refractivity contribution is -0.384. The molecule has 8 nitrogen and oxygen atoms in total. The summed E-state index contributed by atoms with van der Waals surface area (Å²) in [6.45, 7) is 0. The number of non-ortho nitro benzene ring substituents is 1. The minimum atomic E-state index is -0.451. The van der Waals surface area contributed by atoms with E-state index in [9.17, 15) is 14.9 Å². The average molecular weight is 495 g/mol. The van der Waals surface area contributed by atoms with E-state index in [0.29, 0.717) is 45.5 Å². The van der Waals surface area contributed by atoms with Gasteiger partial charge in [-0.3, -0.25) is 19.8 Å². The Morgan fingerprint density at radius 2 is 1.65 bits per heavy atom. The van der Waals surface area contributed by atoms with E-state index in [1.54, 1.807) is 67.7 Å². The van der Waals surface area contributed by atoms with E-state index < -0.39 is 4.92 Å². The molecule has 0 unspecified atom stereocenters. The number of nitro benzene ring substituents is 1. The van der Waals surface area contributed by atoms with Gasteiger partial charge in [-0.05, 0) is 54.1 Å². The molecule has 0 aliphatic carbocycles. The van der Waals surface area contributed by atoms with Crippen molar-refractivity contribution in [2.24, 2.45) is 0 Å². The third-order valence-corrected chi connectivity index (χ3v) is 5.97. The lowest BCUT2D eigenvalue weighted by Crippen LogP contribution is -2.25. The first-order valence-electron chi connectivity index (χ1n) is 11.4. The Kier molecular flexibility index (Phi) is 6.30. The molecule has 1 aromatic heterocycles. The summed E-state index contributed by atoms with van der Waals surface area (Å²) in [5.41, 5.74) is 3.27. The van der Waals surface area contributed by atoms with Crippen LogP contribution in [0.5, 0.6) is 11.5 Å². The molecule has 0 spiro atoms. The molecule has 184 valence electrons. The lowest BCUT2D eigenvalue weighted by atomic mass is 10.1. The molecule has 5 rings (SSSR count). The van der Waals surface area contributed by atoms with E-state index in [0.717, 1.165) is 5.56 Å². The minimum Gasteiger partial charge on any atom is -0.497 e. The zero-order valence-electron chi connectivity index (χ0n) is 20.1. The molecule has 0 radical (unpaired) electrons. The van der Waals surface area contributed by atoms with Gasteiger partial charge >= 0.3 is 0 Å². The van der Waals surface area contributed by atoms with Crippen LogP contribution in [0.15, 0.2) is 101 Å². The highest BCUT2D eigenvalue weighted by atomic mass is 16.6. The molecule has 1 amide bonds. The van der Waals surface area contributed by atoms with E-state index in [1.807, 2.05) is 36.4 Å². The second kappa shape index (κ2) is 9.87. The number of benzene rings is 3. The van der Waals surface area contributed by atoms with Crippen LogP contribution >= 0.6 is 0 Å². The van der Waals surface area contributed by atoms with Gasteiger partial charge in [-0.15, -0.1) is 0 Å². The maximum absolute atomic E-state index is 13.7. The monoisotopic (exact) mass is 494 g/mol. The number of anilines is 1. The number of nitrogens with zero attached hydrogens (tertiary/aromatic N) is 2. The van der Waals surface area contributed by atoms with E-state index in [1.165, 1.54) is 12.1 Å². The van der Waals surface area contributed by atoms with Gasteiger partial charge in [-0.2, -0.15) is 0 Å². The Bertz CT molecular complexity index is 1530. The third-order valence-electron chi connectivity index (χ3n) is 5.97. The summed E-state index contributed by atoms with van der Waals surface area (Å²) >= 11 is 0. The quantitative estimate of drug-likeness (QED) is 0.169. The highest BCUT2D eigenvalue weighted by molar-refractivity contribution is 6.23. The SMILES string of the molecule is COc1ccc(N2C(=O)/C(=C/c3ccc(-c4ccc([N+](=O)[O-])cc4)o3)C=C2c2ccccc2)c(OC)c1. The first-order valence-corrected chi connectivity index (χ1v) is 11.4. The molecule has 2 heterocycles. The number of furan rings is 1. The predicted molar refractivity (Wildman–Crippen MR) is 140 cm³/mol. The van der Waals surface area contributed by atoms with Crippen molar-refractivity contribution in [2.45, 2.75) is 0 Å². The van der Waals surface area contributed by atoms with Crippen LogP contribution in [0.25, 0.3) is 23.1 Å². The van der Waals surface area contributed by atoms with Crippen LogP contribution in [0.3, 0.4) is 0 Å². The van der Waals surface area contributed by atoms with Gasteiger partial charge in [0.15, 0.2) is 0 Å². The fourth-order valence-corrected chi connectivity index (χ4v) is 4.13. The normalized spacial score (nSPS) is 14.1. The number of carbonyl (C=O) groups is 1. The number of carbonyl (C=O) groups excluding carboxylic acids is 1. The number of nitro groups is 1. The molecule has 0 bridgehead atoms. The third kappa shape index (κ3) is 4.60. The van der Waals surface area contributed by atoms with E-state index in [4.69, 9.17) is 13.9 Å². The molecule has 0 fully saturated rings. The van der Waals surface area contributed by atoms with Crippen LogP contribution in [-0.4, -0.2) is 25.1 Å². The second-order valence-electron chi connectivity index (χ2n) is 8.18. The zero-order valence-corrected chi connectivity index (χ0v) is 20.1. The van der Waals surface area contributed by atoms with Gasteiger partial charge in [0, 0.05) is 29.3 Å². The number of methoxy groups -OCH3 is 2. The summed E-state index contributed by atoms with van der Waals surface area (Å²) in [4.78, 5) is 25.8. The van der Waals surface area contributed by atoms with Crippen molar-refractivity contribution in [1.82, 2.24) is 0 Å². The maximum Gasteiger partial charge on any atom is 0.269 e. The van der Waals surface area contributed by atoms with Gasteiger partial charge in [0.25, 0.3) is 11.6 Å². The zero-order chi connectivity index (χ0) is 25.9. The van der Waals surface area contributed by atoms with Gasteiger partial charge in [-0.1, -0.05) is 30.3 Å². The number of hydrogen-bond acceptors (Lipinski definition) is 6. The number of hydrogen-bond donors (Lipinski definition) is 0. The van der Waals surface area contributed by atoms with Gasteiger partial charge < -0.3 is 13.9 Å². The molecule has 0 saturated carbocycles. The summed E-state index contributed by atoms with van der Waals surface area (Å²) in [6.07, 6.45) is 3.49. The maximum atomic E-state index is 13.7. The first kappa shape index (κ1) is 23.6. The van der Waals surface area contributed by atoms with Crippen molar-refractivity contribution >= 4 is 29.1 Å². The molecular formula is C29H22N2O6. The Hall–Kier alpha value is -5.11. The summed E-state index contributed by atoms with van der Waals surface area (Å²) in [5.74, 6) is 1.88. The Morgan fingerprint density at radius 3 is 2.32 bits per heavy atom. The van der Waals surface area contributed by atoms with Gasteiger partial charge in [0.05, 0.1) is 30.5 Å². The van der Waals surface area contributed by atoms with Gasteiger partial charge in [0.1, 0.15) is 23.0 Å². The average Bonchev–Trinajstić information content (AvgIpc) is 3.53. The van der Waals surface area contributed by atoms with Crippen molar-refractivity contribution in [3.63, 3.8) is 0 Å². The smallest absolute Gasteiger partial charge is 0.269 e. The molecular weight excluding hydrogens is 472 g/mol. The topological polar surface area (TPSA) is 95.0 Å². The molecule has 0 saturated heterocycles. The predicted octanol–water partition coefficient (Wildman–Crippen LogP) is 6.34. The van der Waals surface area contributed by atoms with Crippen LogP contribution in [0, 0.1) is 10.1 Å². The first-order chi connectivity index (χ1) is 18.0. The molecule has 4 aromatic rings. The number of rotatable bonds is 7. The molecule has 0 atom stereocenters. The van der Waals surface area contributed by atoms with Crippen LogP contribution in [0.4, 0.5) is 11.4 Å². The largest absolute Gasteiger partial charge is 0.497 e. The summed E-state index contributed by atoms with van der Waals surface area (Å²) < 4.78 is 16.8. The molecule has 0 N–H and O–H groups in total. The molecule has 37 heavy (non-hydrogen) atoms. The second-order valence-corrected chi connectivity index (χ2v) is 8.18. The fraction of sp³-hybridized carbons (Fsp3) is 0.0690. The summed E-state index contributed by atoms with van der Waals surface area (Å²) in [5, 5.41) is 10.9. The van der Waals surface area contributed by atoms with Crippen LogP contribution in [-0.2, 0) is 4.79 Å². The minimum absolute atomic E-state index is 0.00169. The molecule has 1 aliphatic heterocycles. The lowest BCUT2D eigenvalue weighted by Gasteiger charge is -2.23. The summed E-state index contributed by atoms with van der Waals surface area (Å²) in [6, 6.07) is 24.5. The van der Waals surface area contributed by atoms with Crippen molar-refractivity contribution < 1.29 is 23.6 Å². The molecule has 3 aromatic carbocycles. The van der Waals surface area contributed by atoms with Crippen molar-refractivity contribution in [3.8, 4) is 22.8 Å². The standard InChI is InChI=1S/C29H22N2O6/c1-35-23-12-14-25(28(18-23)36-2)30-26(19-6-4-3-5-7-19)17-21(29(30)32)16-24-13-15-27(37-24)20-8-10-22(11-9-20)31(33)34/h3-18H,1-2H3/b21-16+.